The predicted molar refractivity (Wildman–Crippen MR) is 68.0 cm³/mol. The molecule has 0 bridgehead atoms. The van der Waals surface area contributed by atoms with Crippen molar-refractivity contribution in [1.82, 2.24) is 4.90 Å². The van der Waals surface area contributed by atoms with Crippen LogP contribution in [0.25, 0.3) is 0 Å². The molecule has 0 spiro atoms. The van der Waals surface area contributed by atoms with Gasteiger partial charge in [0.15, 0.2) is 0 Å². The van der Waals surface area contributed by atoms with Gasteiger partial charge in [0.05, 0.1) is 13.2 Å². The minimum absolute atomic E-state index is 0.190. The van der Waals surface area contributed by atoms with Gasteiger partial charge in [-0.05, 0) is 12.8 Å². The summed E-state index contributed by atoms with van der Waals surface area (Å²) in [6, 6.07) is 0. The largest absolute Gasteiger partial charge is 0.383 e. The van der Waals surface area contributed by atoms with Gasteiger partial charge in [0.1, 0.15) is 0 Å². The topological polar surface area (TPSA) is 38.8 Å². The lowest BCUT2D eigenvalue weighted by Gasteiger charge is -2.22. The molecule has 0 rings (SSSR count). The Kier molecular flexibility index (Phi) is 11.3. The van der Waals surface area contributed by atoms with Gasteiger partial charge in [0, 0.05) is 39.1 Å². The molecule has 0 saturated heterocycles. The number of halogens is 1. The zero-order valence-electron chi connectivity index (χ0n) is 10.2. The van der Waals surface area contributed by atoms with Crippen LogP contribution in [-0.2, 0) is 14.3 Å². The Morgan fingerprint density at radius 1 is 1.12 bits per heavy atom. The van der Waals surface area contributed by atoms with Gasteiger partial charge in [-0.1, -0.05) is 15.9 Å². The van der Waals surface area contributed by atoms with Crippen LogP contribution in [0.1, 0.15) is 19.3 Å². The molecule has 5 heteroatoms. The molecule has 0 radical (unpaired) electrons. The van der Waals surface area contributed by atoms with Crippen LogP contribution in [0.2, 0.25) is 0 Å². The summed E-state index contributed by atoms with van der Waals surface area (Å²) in [6.45, 7) is 2.45. The van der Waals surface area contributed by atoms with Crippen LogP contribution in [-0.4, -0.2) is 56.7 Å². The van der Waals surface area contributed by atoms with Crippen molar-refractivity contribution in [1.29, 1.82) is 0 Å². The van der Waals surface area contributed by atoms with Crippen LogP contribution in [0.3, 0.4) is 0 Å². The molecular weight excluding hydrogens is 274 g/mol. The number of unbranched alkanes of at least 4 members (excludes halogenated alkanes) is 1. The summed E-state index contributed by atoms with van der Waals surface area (Å²) in [4.78, 5) is 13.6. The SMILES string of the molecule is COCCN(CCOC)C(=O)CCCCBr. The van der Waals surface area contributed by atoms with Crippen LogP contribution >= 0.6 is 15.9 Å². The highest BCUT2D eigenvalue weighted by molar-refractivity contribution is 9.09. The Labute approximate surface area is 106 Å². The lowest BCUT2D eigenvalue weighted by molar-refractivity contribution is -0.132. The van der Waals surface area contributed by atoms with Gasteiger partial charge in [-0.3, -0.25) is 4.79 Å². The number of nitrogens with zero attached hydrogens (tertiary/aromatic N) is 1. The van der Waals surface area contributed by atoms with Gasteiger partial charge in [-0.2, -0.15) is 0 Å². The van der Waals surface area contributed by atoms with E-state index in [-0.39, 0.29) is 5.91 Å². The van der Waals surface area contributed by atoms with E-state index in [1.165, 1.54) is 0 Å². The van der Waals surface area contributed by atoms with Gasteiger partial charge in [0.2, 0.25) is 5.91 Å². The Bertz CT molecular complexity index is 171. The first-order chi connectivity index (χ1) is 7.76. The molecule has 1 amide bonds. The van der Waals surface area contributed by atoms with Crippen LogP contribution in [0.15, 0.2) is 0 Å². The molecule has 0 aromatic heterocycles. The normalized spacial score (nSPS) is 10.4. The van der Waals surface area contributed by atoms with Crippen molar-refractivity contribution in [3.05, 3.63) is 0 Å². The van der Waals surface area contributed by atoms with E-state index < -0.39 is 0 Å². The zero-order chi connectivity index (χ0) is 12.2. The number of hydrogen-bond donors (Lipinski definition) is 0. The van der Waals surface area contributed by atoms with Gasteiger partial charge < -0.3 is 14.4 Å². The minimum Gasteiger partial charge on any atom is -0.383 e. The maximum atomic E-state index is 11.8. The number of rotatable bonds is 10. The molecule has 0 atom stereocenters. The lowest BCUT2D eigenvalue weighted by Crippen LogP contribution is -2.36. The fourth-order valence-corrected chi connectivity index (χ4v) is 1.69. The second kappa shape index (κ2) is 11.4. The molecule has 0 fully saturated rings. The molecule has 0 aromatic rings. The summed E-state index contributed by atoms with van der Waals surface area (Å²) in [5.74, 6) is 0.190. The van der Waals surface area contributed by atoms with Crippen molar-refractivity contribution in [2.75, 3.05) is 45.9 Å². The minimum atomic E-state index is 0.190. The Morgan fingerprint density at radius 3 is 2.12 bits per heavy atom. The molecule has 96 valence electrons. The zero-order valence-corrected chi connectivity index (χ0v) is 11.8. The monoisotopic (exact) mass is 295 g/mol. The standard InChI is InChI=1S/C11H22BrNO3/c1-15-9-7-13(8-10-16-2)11(14)5-3-4-6-12/h3-10H2,1-2H3. The molecule has 4 nitrogen and oxygen atoms in total. The molecule has 0 saturated carbocycles. The van der Waals surface area contributed by atoms with Gasteiger partial charge in [-0.25, -0.2) is 0 Å². The molecule has 0 N–H and O–H groups in total. The van der Waals surface area contributed by atoms with E-state index in [0.29, 0.717) is 32.7 Å². The van der Waals surface area contributed by atoms with Crippen molar-refractivity contribution in [3.63, 3.8) is 0 Å². The first kappa shape index (κ1) is 15.9. The molecule has 0 unspecified atom stereocenters. The van der Waals surface area contributed by atoms with Crippen LogP contribution in [0, 0.1) is 0 Å². The maximum absolute atomic E-state index is 11.8. The fraction of sp³-hybridized carbons (Fsp3) is 0.909. The number of carbonyl (C=O) groups excluding carboxylic acids is 1. The Hall–Kier alpha value is -0.130. The molecular formula is C11H22BrNO3. The maximum Gasteiger partial charge on any atom is 0.222 e. The first-order valence-corrected chi connectivity index (χ1v) is 6.70. The average molecular weight is 296 g/mol. The van der Waals surface area contributed by atoms with Crippen LogP contribution in [0.4, 0.5) is 0 Å². The summed E-state index contributed by atoms with van der Waals surface area (Å²) in [5, 5.41) is 0.955. The molecule has 16 heavy (non-hydrogen) atoms. The van der Waals surface area contributed by atoms with E-state index in [1.54, 1.807) is 19.1 Å². The third kappa shape index (κ3) is 8.07. The third-order valence-corrected chi connectivity index (χ3v) is 2.82. The number of carbonyl (C=O) groups is 1. The Morgan fingerprint density at radius 2 is 1.69 bits per heavy atom. The third-order valence-electron chi connectivity index (χ3n) is 2.26. The molecule has 0 aromatic carbocycles. The first-order valence-electron chi connectivity index (χ1n) is 5.57. The van der Waals surface area contributed by atoms with Crippen molar-refractivity contribution in [2.45, 2.75) is 19.3 Å². The summed E-state index contributed by atoms with van der Waals surface area (Å²) >= 11 is 3.36. The lowest BCUT2D eigenvalue weighted by atomic mass is 10.2. The van der Waals surface area contributed by atoms with E-state index in [4.69, 9.17) is 9.47 Å². The highest BCUT2D eigenvalue weighted by atomic mass is 79.9. The van der Waals surface area contributed by atoms with E-state index in [2.05, 4.69) is 15.9 Å². The van der Waals surface area contributed by atoms with E-state index in [0.717, 1.165) is 18.2 Å². The average Bonchev–Trinajstić information content (AvgIpc) is 2.29. The van der Waals surface area contributed by atoms with Crippen molar-refractivity contribution >= 4 is 21.8 Å². The molecule has 0 aliphatic rings. The van der Waals surface area contributed by atoms with Crippen molar-refractivity contribution in [2.24, 2.45) is 0 Å². The number of hydrogen-bond acceptors (Lipinski definition) is 3. The molecule has 0 heterocycles. The van der Waals surface area contributed by atoms with Gasteiger partial charge >= 0.3 is 0 Å². The van der Waals surface area contributed by atoms with Crippen LogP contribution < -0.4 is 0 Å². The Balaban J connectivity index is 3.88. The second-order valence-corrected chi connectivity index (χ2v) is 4.31. The van der Waals surface area contributed by atoms with E-state index >= 15 is 0 Å². The van der Waals surface area contributed by atoms with E-state index in [9.17, 15) is 4.79 Å². The molecule has 0 aliphatic carbocycles. The van der Waals surface area contributed by atoms with Crippen molar-refractivity contribution in [3.8, 4) is 0 Å². The summed E-state index contributed by atoms with van der Waals surface area (Å²) in [6.07, 6.45) is 2.58. The van der Waals surface area contributed by atoms with Crippen molar-refractivity contribution < 1.29 is 14.3 Å². The number of methoxy groups -OCH3 is 2. The number of amides is 1. The number of alkyl halides is 1. The smallest absolute Gasteiger partial charge is 0.222 e. The number of ether oxygens (including phenoxy) is 2. The molecule has 0 aliphatic heterocycles. The van der Waals surface area contributed by atoms with Gasteiger partial charge in [-0.15, -0.1) is 0 Å². The van der Waals surface area contributed by atoms with E-state index in [1.807, 2.05) is 0 Å². The quantitative estimate of drug-likeness (QED) is 0.455. The summed E-state index contributed by atoms with van der Waals surface area (Å²) < 4.78 is 9.97. The predicted octanol–water partition coefficient (Wildman–Crippen LogP) is 1.67. The fourth-order valence-electron chi connectivity index (χ4n) is 1.29. The van der Waals surface area contributed by atoms with Gasteiger partial charge in [0.25, 0.3) is 0 Å². The second-order valence-electron chi connectivity index (χ2n) is 3.51. The summed E-state index contributed by atoms with van der Waals surface area (Å²) in [5.41, 5.74) is 0. The van der Waals surface area contributed by atoms with Crippen LogP contribution in [0.5, 0.6) is 0 Å². The highest BCUT2D eigenvalue weighted by Crippen LogP contribution is 2.03. The summed E-state index contributed by atoms with van der Waals surface area (Å²) in [7, 11) is 3.29. The highest BCUT2D eigenvalue weighted by Gasteiger charge is 2.12.